The van der Waals surface area contributed by atoms with Crippen LogP contribution in [0.3, 0.4) is 0 Å². The third kappa shape index (κ3) is 3.92. The number of carboxylic acid groups (broad SMARTS) is 1. The van der Waals surface area contributed by atoms with Gasteiger partial charge in [-0.3, -0.25) is 9.48 Å². The molecule has 0 aliphatic carbocycles. The fourth-order valence-electron chi connectivity index (χ4n) is 4.01. The highest BCUT2D eigenvalue weighted by Gasteiger charge is 2.16. The fourth-order valence-corrected chi connectivity index (χ4v) is 4.01. The molecule has 0 fully saturated rings. The molecule has 5 rings (SSSR count). The lowest BCUT2D eigenvalue weighted by molar-refractivity contribution is -0.136. The Morgan fingerprint density at radius 2 is 1.94 bits per heavy atom. The third-order valence-electron chi connectivity index (χ3n) is 5.63. The summed E-state index contributed by atoms with van der Waals surface area (Å²) in [5, 5.41) is 19.6. The van der Waals surface area contributed by atoms with E-state index in [0.29, 0.717) is 22.8 Å². The lowest BCUT2D eigenvalue weighted by atomic mass is 10.1. The largest absolute Gasteiger partial charge is 0.487 e. The molecule has 0 unspecified atom stereocenters. The Balaban J connectivity index is 1.54. The number of aliphatic carboxylic acids is 1. The van der Waals surface area contributed by atoms with Gasteiger partial charge < -0.3 is 15.6 Å². The number of fused-ring (bicyclic) bond motifs is 2. The van der Waals surface area contributed by atoms with Crippen LogP contribution in [0.5, 0.6) is 5.75 Å². The van der Waals surface area contributed by atoms with Gasteiger partial charge in [-0.2, -0.15) is 14.7 Å². The molecule has 0 atom stereocenters. The van der Waals surface area contributed by atoms with E-state index in [4.69, 9.17) is 15.6 Å². The van der Waals surface area contributed by atoms with Crippen molar-refractivity contribution >= 4 is 28.3 Å². The summed E-state index contributed by atoms with van der Waals surface area (Å²) in [7, 11) is 0. The zero-order valence-corrected chi connectivity index (χ0v) is 18.8. The summed E-state index contributed by atoms with van der Waals surface area (Å²) in [6.45, 7) is 4.35. The number of rotatable bonds is 7. The first-order valence-corrected chi connectivity index (χ1v) is 10.9. The fraction of sp³-hybridized carbons (Fsp3) is 0.200. The second-order valence-corrected chi connectivity index (χ2v) is 8.36. The van der Waals surface area contributed by atoms with Crippen molar-refractivity contribution in [3.8, 4) is 17.0 Å². The quantitative estimate of drug-likeness (QED) is 0.378. The lowest BCUT2D eigenvalue weighted by Gasteiger charge is -2.09. The van der Waals surface area contributed by atoms with Crippen molar-refractivity contribution in [2.24, 2.45) is 0 Å². The van der Waals surface area contributed by atoms with Crippen LogP contribution in [0, 0.1) is 0 Å². The molecule has 0 spiro atoms. The molecule has 0 amide bonds. The molecule has 0 saturated carbocycles. The number of carboxylic acids is 1. The maximum Gasteiger partial charge on any atom is 0.307 e. The summed E-state index contributed by atoms with van der Waals surface area (Å²) in [6.07, 6.45) is 1.48. The average molecular weight is 457 g/mol. The van der Waals surface area contributed by atoms with Gasteiger partial charge in [0.25, 0.3) is 0 Å². The zero-order chi connectivity index (χ0) is 23.8. The normalized spacial score (nSPS) is 11.5. The van der Waals surface area contributed by atoms with Gasteiger partial charge >= 0.3 is 5.97 Å². The first kappa shape index (κ1) is 21.4. The molecule has 0 bridgehead atoms. The summed E-state index contributed by atoms with van der Waals surface area (Å²) in [4.78, 5) is 15.4. The molecule has 172 valence electrons. The van der Waals surface area contributed by atoms with Gasteiger partial charge in [0.1, 0.15) is 23.9 Å². The van der Waals surface area contributed by atoms with E-state index in [1.807, 2.05) is 41.1 Å². The first-order chi connectivity index (χ1) is 16.4. The summed E-state index contributed by atoms with van der Waals surface area (Å²) in [6, 6.07) is 17.2. The number of aromatic nitrogens is 5. The van der Waals surface area contributed by atoms with Crippen LogP contribution < -0.4 is 10.5 Å². The number of nitrogens with zero attached hydrogens (tertiary/aromatic N) is 5. The van der Waals surface area contributed by atoms with Gasteiger partial charge in [0.05, 0.1) is 23.8 Å². The molecule has 3 heterocycles. The molecule has 0 radical (unpaired) electrons. The van der Waals surface area contributed by atoms with E-state index >= 15 is 0 Å². The van der Waals surface area contributed by atoms with E-state index < -0.39 is 5.97 Å². The Kier molecular flexibility index (Phi) is 5.37. The Bertz CT molecular complexity index is 1520. The second-order valence-electron chi connectivity index (χ2n) is 8.36. The van der Waals surface area contributed by atoms with Crippen molar-refractivity contribution in [2.45, 2.75) is 32.9 Å². The predicted octanol–water partition coefficient (Wildman–Crippen LogP) is 4.12. The van der Waals surface area contributed by atoms with E-state index in [0.717, 1.165) is 27.9 Å². The molecular formula is C25H24N6O3. The number of nitrogens with two attached hydrogens (primary N) is 1. The standard InChI is InChI=1S/C25H24N6O3/c1-15(2)30-21-9-7-16(19-8-10-24-27-13-23(26)31(24)28-19)11-18(21)20(29-30)14-34-22-6-4-3-5-17(22)12-25(32)33/h3-11,13,15H,12,14,26H2,1-2H3,(H,32,33). The highest BCUT2D eigenvalue weighted by molar-refractivity contribution is 5.87. The summed E-state index contributed by atoms with van der Waals surface area (Å²) >= 11 is 0. The van der Waals surface area contributed by atoms with Gasteiger partial charge in [-0.05, 0) is 44.2 Å². The van der Waals surface area contributed by atoms with Crippen molar-refractivity contribution in [1.82, 2.24) is 24.4 Å². The minimum Gasteiger partial charge on any atom is -0.487 e. The molecule has 0 aliphatic rings. The molecule has 3 N–H and O–H groups in total. The number of benzene rings is 2. The van der Waals surface area contributed by atoms with Gasteiger partial charge in [-0.1, -0.05) is 24.3 Å². The predicted molar refractivity (Wildman–Crippen MR) is 129 cm³/mol. The van der Waals surface area contributed by atoms with Crippen molar-refractivity contribution in [3.05, 3.63) is 72.1 Å². The van der Waals surface area contributed by atoms with Crippen molar-refractivity contribution in [2.75, 3.05) is 5.73 Å². The SMILES string of the molecule is CC(C)n1nc(COc2ccccc2CC(=O)O)c2cc(-c3ccc4ncc(N)n4n3)ccc21. The van der Waals surface area contributed by atoms with Crippen molar-refractivity contribution in [3.63, 3.8) is 0 Å². The van der Waals surface area contributed by atoms with Crippen LogP contribution >= 0.6 is 0 Å². The number of imidazole rings is 1. The minimum atomic E-state index is -0.904. The van der Waals surface area contributed by atoms with Crippen molar-refractivity contribution in [1.29, 1.82) is 0 Å². The molecule has 0 aliphatic heterocycles. The number of nitrogen functional groups attached to an aromatic ring is 1. The van der Waals surface area contributed by atoms with Crippen LogP contribution in [-0.4, -0.2) is 35.5 Å². The number of para-hydroxylation sites is 1. The maximum atomic E-state index is 11.2. The number of hydrogen-bond donors (Lipinski definition) is 2. The Morgan fingerprint density at radius 1 is 1.12 bits per heavy atom. The van der Waals surface area contributed by atoms with Gasteiger partial charge in [0.2, 0.25) is 0 Å². The van der Waals surface area contributed by atoms with E-state index in [1.54, 1.807) is 28.9 Å². The van der Waals surface area contributed by atoms with Crippen LogP contribution in [0.15, 0.2) is 60.8 Å². The Labute approximate surface area is 195 Å². The lowest BCUT2D eigenvalue weighted by Crippen LogP contribution is -2.06. The van der Waals surface area contributed by atoms with Gasteiger partial charge in [0, 0.05) is 22.6 Å². The van der Waals surface area contributed by atoms with E-state index in [2.05, 4.69) is 23.9 Å². The minimum absolute atomic E-state index is 0.104. The Hall–Kier alpha value is -4.40. The number of hydrogen-bond acceptors (Lipinski definition) is 6. The summed E-state index contributed by atoms with van der Waals surface area (Å²) < 4.78 is 9.63. The summed E-state index contributed by atoms with van der Waals surface area (Å²) in [5.74, 6) is 0.105. The Morgan fingerprint density at radius 3 is 2.74 bits per heavy atom. The zero-order valence-electron chi connectivity index (χ0n) is 18.8. The van der Waals surface area contributed by atoms with Crippen LogP contribution in [0.1, 0.15) is 31.1 Å². The topological polar surface area (TPSA) is 121 Å². The van der Waals surface area contributed by atoms with Gasteiger partial charge in [-0.15, -0.1) is 0 Å². The highest BCUT2D eigenvalue weighted by atomic mass is 16.5. The van der Waals surface area contributed by atoms with Gasteiger partial charge in [0.15, 0.2) is 5.65 Å². The van der Waals surface area contributed by atoms with Crippen LogP contribution in [0.2, 0.25) is 0 Å². The summed E-state index contributed by atoms with van der Waals surface area (Å²) in [5.41, 5.74) is 10.7. The molecular weight excluding hydrogens is 432 g/mol. The van der Waals surface area contributed by atoms with E-state index in [1.165, 1.54) is 0 Å². The highest BCUT2D eigenvalue weighted by Crippen LogP contribution is 2.29. The molecule has 9 nitrogen and oxygen atoms in total. The van der Waals surface area contributed by atoms with E-state index in [9.17, 15) is 9.90 Å². The van der Waals surface area contributed by atoms with E-state index in [-0.39, 0.29) is 19.1 Å². The molecule has 9 heteroatoms. The van der Waals surface area contributed by atoms with Gasteiger partial charge in [-0.25, -0.2) is 4.98 Å². The average Bonchev–Trinajstić information content (AvgIpc) is 3.38. The molecule has 2 aromatic carbocycles. The van der Waals surface area contributed by atoms with Crippen LogP contribution in [-0.2, 0) is 17.8 Å². The number of anilines is 1. The molecule has 3 aromatic heterocycles. The molecule has 34 heavy (non-hydrogen) atoms. The van der Waals surface area contributed by atoms with Crippen LogP contribution in [0.4, 0.5) is 5.82 Å². The number of ether oxygens (including phenoxy) is 1. The second kappa shape index (κ2) is 8.51. The molecule has 5 aromatic rings. The monoisotopic (exact) mass is 456 g/mol. The smallest absolute Gasteiger partial charge is 0.307 e. The maximum absolute atomic E-state index is 11.2. The molecule has 0 saturated heterocycles. The van der Waals surface area contributed by atoms with Crippen molar-refractivity contribution < 1.29 is 14.6 Å². The first-order valence-electron chi connectivity index (χ1n) is 10.9. The van der Waals surface area contributed by atoms with Crippen LogP contribution in [0.25, 0.3) is 27.8 Å². The number of carbonyl (C=O) groups is 1. The third-order valence-corrected chi connectivity index (χ3v) is 5.63.